The van der Waals surface area contributed by atoms with Crippen LogP contribution in [0.1, 0.15) is 50.8 Å². The molecule has 0 saturated carbocycles. The van der Waals surface area contributed by atoms with Gasteiger partial charge in [0.2, 0.25) is 0 Å². The van der Waals surface area contributed by atoms with Gasteiger partial charge in [-0.15, -0.1) is 0 Å². The fourth-order valence-electron chi connectivity index (χ4n) is 2.77. The number of hydrogen-bond donors (Lipinski definition) is 1. The Morgan fingerprint density at radius 3 is 2.84 bits per heavy atom. The molecule has 1 N–H and O–H groups in total. The van der Waals surface area contributed by atoms with Gasteiger partial charge in [0.25, 0.3) is 0 Å². The van der Waals surface area contributed by atoms with Crippen LogP contribution in [0.3, 0.4) is 0 Å². The van der Waals surface area contributed by atoms with Gasteiger partial charge in [0, 0.05) is 11.3 Å². The minimum Gasteiger partial charge on any atom is -0.309 e. The Kier molecular flexibility index (Phi) is 5.77. The average molecular weight is 277 g/mol. The number of thioether (sulfide) groups is 1. The lowest BCUT2D eigenvalue weighted by atomic mass is 9.87. The molecule has 106 valence electrons. The molecule has 0 fully saturated rings. The van der Waals surface area contributed by atoms with E-state index < -0.39 is 0 Å². The molecule has 1 aromatic carbocycles. The molecular formula is C17H27NS. The van der Waals surface area contributed by atoms with Crippen molar-refractivity contribution in [1.82, 2.24) is 5.32 Å². The molecule has 1 aliphatic rings. The number of rotatable bonds is 6. The monoisotopic (exact) mass is 277 g/mol. The van der Waals surface area contributed by atoms with Crippen molar-refractivity contribution in [1.29, 1.82) is 0 Å². The SMILES string of the molecule is CCCNC1c2ccccc2CCC1SCC(C)C. The molecule has 1 nitrogen and oxygen atoms in total. The van der Waals surface area contributed by atoms with Crippen LogP contribution in [0.15, 0.2) is 24.3 Å². The van der Waals surface area contributed by atoms with Crippen LogP contribution in [0.5, 0.6) is 0 Å². The van der Waals surface area contributed by atoms with Gasteiger partial charge in [-0.05, 0) is 48.6 Å². The van der Waals surface area contributed by atoms with E-state index in [9.17, 15) is 0 Å². The first-order valence-electron chi connectivity index (χ1n) is 7.65. The van der Waals surface area contributed by atoms with E-state index in [0.29, 0.717) is 6.04 Å². The minimum atomic E-state index is 0.550. The molecule has 0 aliphatic heterocycles. The van der Waals surface area contributed by atoms with Crippen molar-refractivity contribution in [2.45, 2.75) is 51.3 Å². The topological polar surface area (TPSA) is 12.0 Å². The maximum atomic E-state index is 3.78. The normalized spacial score (nSPS) is 22.5. The van der Waals surface area contributed by atoms with Crippen LogP contribution in [0.25, 0.3) is 0 Å². The zero-order valence-electron chi connectivity index (χ0n) is 12.5. The summed E-state index contributed by atoms with van der Waals surface area (Å²) in [5, 5.41) is 4.52. The number of nitrogens with one attached hydrogen (secondary N) is 1. The van der Waals surface area contributed by atoms with E-state index >= 15 is 0 Å². The number of benzene rings is 1. The molecule has 2 heteroatoms. The van der Waals surface area contributed by atoms with Gasteiger partial charge in [-0.2, -0.15) is 11.8 Å². The van der Waals surface area contributed by atoms with Gasteiger partial charge in [-0.25, -0.2) is 0 Å². The highest BCUT2D eigenvalue weighted by atomic mass is 32.2. The van der Waals surface area contributed by atoms with Crippen molar-refractivity contribution in [2.24, 2.45) is 5.92 Å². The van der Waals surface area contributed by atoms with Gasteiger partial charge in [0.05, 0.1) is 0 Å². The van der Waals surface area contributed by atoms with Crippen molar-refractivity contribution in [3.8, 4) is 0 Å². The van der Waals surface area contributed by atoms with Crippen molar-refractivity contribution in [3.63, 3.8) is 0 Å². The second kappa shape index (κ2) is 7.35. The van der Waals surface area contributed by atoms with Crippen LogP contribution in [0.4, 0.5) is 0 Å². The van der Waals surface area contributed by atoms with Gasteiger partial charge in [-0.3, -0.25) is 0 Å². The second-order valence-corrected chi connectivity index (χ2v) is 7.21. The Bertz CT molecular complexity index is 389. The van der Waals surface area contributed by atoms with Crippen LogP contribution in [0.2, 0.25) is 0 Å². The zero-order chi connectivity index (χ0) is 13.7. The predicted molar refractivity (Wildman–Crippen MR) is 86.9 cm³/mol. The quantitative estimate of drug-likeness (QED) is 0.825. The smallest absolute Gasteiger partial charge is 0.0443 e. The van der Waals surface area contributed by atoms with Gasteiger partial charge < -0.3 is 5.32 Å². The molecular weight excluding hydrogens is 250 g/mol. The van der Waals surface area contributed by atoms with Gasteiger partial charge >= 0.3 is 0 Å². The number of fused-ring (bicyclic) bond motifs is 1. The Labute approximate surface area is 122 Å². The molecule has 2 unspecified atom stereocenters. The summed E-state index contributed by atoms with van der Waals surface area (Å²) >= 11 is 2.17. The van der Waals surface area contributed by atoms with Crippen molar-refractivity contribution in [2.75, 3.05) is 12.3 Å². The van der Waals surface area contributed by atoms with E-state index in [1.807, 2.05) is 0 Å². The van der Waals surface area contributed by atoms with E-state index in [4.69, 9.17) is 0 Å². The Balaban J connectivity index is 2.11. The Hall–Kier alpha value is -0.470. The molecule has 0 saturated heterocycles. The molecule has 0 spiro atoms. The summed E-state index contributed by atoms with van der Waals surface area (Å²) in [5.74, 6) is 2.06. The second-order valence-electron chi connectivity index (χ2n) is 5.93. The average Bonchev–Trinajstić information content (AvgIpc) is 2.43. The minimum absolute atomic E-state index is 0.550. The van der Waals surface area contributed by atoms with E-state index in [1.165, 1.54) is 25.0 Å². The van der Waals surface area contributed by atoms with E-state index in [1.54, 1.807) is 11.1 Å². The summed E-state index contributed by atoms with van der Waals surface area (Å²) in [4.78, 5) is 0. The summed E-state index contributed by atoms with van der Waals surface area (Å²) in [6, 6.07) is 9.55. The first-order chi connectivity index (χ1) is 9.22. The third-order valence-electron chi connectivity index (χ3n) is 3.72. The lowest BCUT2D eigenvalue weighted by molar-refractivity contribution is 0.471. The molecule has 2 atom stereocenters. The van der Waals surface area contributed by atoms with Crippen molar-refractivity contribution >= 4 is 11.8 Å². The predicted octanol–water partition coefficient (Wildman–Crippen LogP) is 4.43. The maximum absolute atomic E-state index is 3.78. The van der Waals surface area contributed by atoms with E-state index in [-0.39, 0.29) is 0 Å². The fraction of sp³-hybridized carbons (Fsp3) is 0.647. The largest absolute Gasteiger partial charge is 0.309 e. The lowest BCUT2D eigenvalue weighted by Gasteiger charge is -2.34. The van der Waals surface area contributed by atoms with Gasteiger partial charge in [0.15, 0.2) is 0 Å². The first-order valence-corrected chi connectivity index (χ1v) is 8.70. The Morgan fingerprint density at radius 1 is 1.32 bits per heavy atom. The van der Waals surface area contributed by atoms with Crippen LogP contribution < -0.4 is 5.32 Å². The first kappa shape index (κ1) is 14.9. The Morgan fingerprint density at radius 2 is 2.11 bits per heavy atom. The van der Waals surface area contributed by atoms with E-state index in [0.717, 1.165) is 17.7 Å². The summed E-state index contributed by atoms with van der Waals surface area (Å²) in [6.45, 7) is 8.01. The number of aryl methyl sites for hydroxylation is 1. The molecule has 0 aromatic heterocycles. The highest BCUT2D eigenvalue weighted by Gasteiger charge is 2.29. The highest BCUT2D eigenvalue weighted by Crippen LogP contribution is 2.37. The third-order valence-corrected chi connectivity index (χ3v) is 5.51. The van der Waals surface area contributed by atoms with Crippen LogP contribution in [-0.4, -0.2) is 17.5 Å². The molecule has 19 heavy (non-hydrogen) atoms. The summed E-state index contributed by atoms with van der Waals surface area (Å²) in [7, 11) is 0. The molecule has 1 aromatic rings. The maximum Gasteiger partial charge on any atom is 0.0443 e. The van der Waals surface area contributed by atoms with Crippen molar-refractivity contribution in [3.05, 3.63) is 35.4 Å². The van der Waals surface area contributed by atoms with E-state index in [2.05, 4.69) is 62.1 Å². The molecule has 0 radical (unpaired) electrons. The van der Waals surface area contributed by atoms with Crippen LogP contribution in [0, 0.1) is 5.92 Å². The number of hydrogen-bond acceptors (Lipinski definition) is 2. The summed E-state index contributed by atoms with van der Waals surface area (Å²) in [5.41, 5.74) is 3.10. The summed E-state index contributed by atoms with van der Waals surface area (Å²) in [6.07, 6.45) is 3.77. The molecule has 1 aliphatic carbocycles. The molecule has 2 rings (SSSR count). The molecule has 0 amide bonds. The molecule has 0 heterocycles. The molecule has 0 bridgehead atoms. The van der Waals surface area contributed by atoms with Crippen molar-refractivity contribution < 1.29 is 0 Å². The third kappa shape index (κ3) is 4.00. The highest BCUT2D eigenvalue weighted by molar-refractivity contribution is 7.99. The fourth-order valence-corrected chi connectivity index (χ4v) is 4.12. The zero-order valence-corrected chi connectivity index (χ0v) is 13.3. The van der Waals surface area contributed by atoms with Crippen LogP contribution in [-0.2, 0) is 6.42 Å². The summed E-state index contributed by atoms with van der Waals surface area (Å²) < 4.78 is 0. The standard InChI is InChI=1S/C17H27NS/c1-4-11-18-17-15-8-6-5-7-14(15)9-10-16(17)19-12-13(2)3/h5-8,13,16-18H,4,9-12H2,1-3H3. The van der Waals surface area contributed by atoms with Gasteiger partial charge in [0.1, 0.15) is 0 Å². The lowest BCUT2D eigenvalue weighted by Crippen LogP contribution is -2.35. The van der Waals surface area contributed by atoms with Gasteiger partial charge in [-0.1, -0.05) is 45.0 Å². The van der Waals surface area contributed by atoms with Crippen LogP contribution >= 0.6 is 11.8 Å².